The lowest BCUT2D eigenvalue weighted by molar-refractivity contribution is 1.67. The van der Waals surface area contributed by atoms with E-state index >= 15 is 0 Å². The Balaban J connectivity index is 2.50. The van der Waals surface area contributed by atoms with E-state index in [1.165, 1.54) is 0 Å². The van der Waals surface area contributed by atoms with E-state index in [1.54, 1.807) is 18.2 Å². The van der Waals surface area contributed by atoms with E-state index in [1.807, 2.05) is 0 Å². The average Bonchev–Trinajstić information content (AvgIpc) is 2.69. The van der Waals surface area contributed by atoms with Crippen molar-refractivity contribution in [3.8, 4) is 22.3 Å². The molecule has 3 rings (SSSR count). The van der Waals surface area contributed by atoms with Crippen molar-refractivity contribution in [2.75, 3.05) is 0 Å². The van der Waals surface area contributed by atoms with Gasteiger partial charge in [-0.2, -0.15) is 0 Å². The lowest BCUT2D eigenvalue weighted by atomic mass is 9.58. The van der Waals surface area contributed by atoms with Crippen LogP contribution in [0.4, 0.5) is 0 Å². The normalized spacial score (nSPS) is 10.9. The molecule has 20 radical (unpaired) electrons. The summed E-state index contributed by atoms with van der Waals surface area (Å²) in [6, 6.07) is 4.93. The van der Waals surface area contributed by atoms with Crippen LogP contribution in [0.15, 0.2) is 18.2 Å². The molecule has 29 heavy (non-hydrogen) atoms. The molecule has 0 unspecified atom stereocenters. The zero-order valence-corrected chi connectivity index (χ0v) is 16.1. The van der Waals surface area contributed by atoms with Crippen molar-refractivity contribution in [3.63, 3.8) is 0 Å². The summed E-state index contributed by atoms with van der Waals surface area (Å²) in [6.07, 6.45) is 0. The molecule has 0 heterocycles. The minimum atomic E-state index is 0.0901. The summed E-state index contributed by atoms with van der Waals surface area (Å²) in [5, 5.41) is 0.394. The second-order valence-corrected chi connectivity index (χ2v) is 7.01. The van der Waals surface area contributed by atoms with Crippen LogP contribution in [-0.4, -0.2) is 78.5 Å². The Kier molecular flexibility index (Phi) is 6.17. The van der Waals surface area contributed by atoms with Crippen LogP contribution in [0.2, 0.25) is 5.02 Å². The molecular formula is C18H3B10Cl. The van der Waals surface area contributed by atoms with E-state index in [9.17, 15) is 0 Å². The zero-order valence-electron chi connectivity index (χ0n) is 15.4. The molecule has 0 spiro atoms. The summed E-state index contributed by atoms with van der Waals surface area (Å²) >= 11 is 6.24. The maximum Gasteiger partial charge on any atom is 0.113 e. The molecule has 0 aliphatic carbocycles. The van der Waals surface area contributed by atoms with Crippen LogP contribution in [0.5, 0.6) is 0 Å². The van der Waals surface area contributed by atoms with E-state index in [4.69, 9.17) is 90.1 Å². The summed E-state index contributed by atoms with van der Waals surface area (Å²) in [7, 11) is 60.8. The largest absolute Gasteiger partial charge is 0.113 e. The molecule has 0 aliphatic heterocycles. The van der Waals surface area contributed by atoms with Gasteiger partial charge in [0.2, 0.25) is 0 Å². The number of rotatable bonds is 2. The maximum atomic E-state index is 6.24. The zero-order chi connectivity index (χ0) is 21.8. The van der Waals surface area contributed by atoms with Gasteiger partial charge in [-0.3, -0.25) is 0 Å². The first-order valence-corrected chi connectivity index (χ1v) is 8.69. The highest BCUT2D eigenvalue weighted by Gasteiger charge is 2.19. The predicted molar refractivity (Wildman–Crippen MR) is 136 cm³/mol. The van der Waals surface area contributed by atoms with Crippen LogP contribution in [-0.2, 0) is 0 Å². The van der Waals surface area contributed by atoms with E-state index in [2.05, 4.69) is 0 Å². The van der Waals surface area contributed by atoms with E-state index < -0.39 is 0 Å². The molecule has 11 heteroatoms. The van der Waals surface area contributed by atoms with Crippen molar-refractivity contribution < 1.29 is 0 Å². The van der Waals surface area contributed by atoms with Crippen LogP contribution in [0.3, 0.4) is 0 Å². The fourth-order valence-corrected chi connectivity index (χ4v) is 3.39. The molecule has 0 aromatic heterocycles. The van der Waals surface area contributed by atoms with Crippen LogP contribution < -0.4 is 54.6 Å². The molecule has 0 nitrogen and oxygen atoms in total. The highest BCUT2D eigenvalue weighted by atomic mass is 35.5. The van der Waals surface area contributed by atoms with Crippen molar-refractivity contribution in [1.82, 2.24) is 0 Å². The first-order chi connectivity index (χ1) is 13.5. The van der Waals surface area contributed by atoms with Crippen LogP contribution >= 0.6 is 11.6 Å². The van der Waals surface area contributed by atoms with E-state index in [0.717, 1.165) is 0 Å². The predicted octanol–water partition coefficient (Wildman–Crippen LogP) is -6.39. The quantitative estimate of drug-likeness (QED) is 0.398. The topological polar surface area (TPSA) is 0 Å². The molecule has 0 N–H and O–H groups in total. The minimum absolute atomic E-state index is 0.0901. The Morgan fingerprint density at radius 2 is 0.724 bits per heavy atom. The molecule has 0 saturated heterocycles. The monoisotopic (exact) mass is 364 g/mol. The molecule has 112 valence electrons. The third kappa shape index (κ3) is 3.52. The molecule has 3 aromatic carbocycles. The van der Waals surface area contributed by atoms with Gasteiger partial charge in [-0.25, -0.2) is 0 Å². The Morgan fingerprint density at radius 3 is 1.10 bits per heavy atom. The van der Waals surface area contributed by atoms with Gasteiger partial charge in [-0.15, -0.1) is 32.8 Å². The van der Waals surface area contributed by atoms with Gasteiger partial charge in [0, 0.05) is 5.02 Å². The second-order valence-electron chi connectivity index (χ2n) is 6.58. The van der Waals surface area contributed by atoms with Gasteiger partial charge in [-0.05, 0) is 34.4 Å². The van der Waals surface area contributed by atoms with Gasteiger partial charge < -0.3 is 0 Å². The highest BCUT2D eigenvalue weighted by molar-refractivity contribution is 6.70. The molecular weight excluding hydrogens is 360 g/mol. The summed E-state index contributed by atoms with van der Waals surface area (Å²) in [6.45, 7) is 0. The standard InChI is InChI=1S/C18H3B10Cl/c19-9-7(10(20)14(24)17(27)13(9)23)5-2-1-4(29)3-6(5)8-11(21)15(25)18(28)16(26)12(8)22/h1-3H. The number of hydrogen-bond acceptors (Lipinski definition) is 0. The van der Waals surface area contributed by atoms with Crippen LogP contribution in [0.25, 0.3) is 22.3 Å². The number of benzene rings is 3. The second kappa shape index (κ2) is 8.03. The molecule has 0 aliphatic rings. The third-order valence-corrected chi connectivity index (χ3v) is 5.15. The van der Waals surface area contributed by atoms with E-state index in [0.29, 0.717) is 27.3 Å². The Labute approximate surface area is 189 Å². The first-order valence-electron chi connectivity index (χ1n) is 8.31. The Morgan fingerprint density at radius 1 is 0.414 bits per heavy atom. The highest BCUT2D eigenvalue weighted by Crippen LogP contribution is 2.30. The molecule has 3 aromatic rings. The lowest BCUT2D eigenvalue weighted by Crippen LogP contribution is -2.56. The summed E-state index contributed by atoms with van der Waals surface area (Å²) < 4.78 is 0. The molecule has 0 atom stereocenters. The van der Waals surface area contributed by atoms with Crippen molar-refractivity contribution in [1.29, 1.82) is 0 Å². The minimum Gasteiger partial charge on any atom is -0.112 e. The number of halogens is 1. The van der Waals surface area contributed by atoms with Crippen molar-refractivity contribution >= 4 is 145 Å². The maximum absolute atomic E-state index is 6.24. The SMILES string of the molecule is [B]c1c([B])c([B])c(-c2ccc(Cl)cc2-c2c([B])c([B])c([B])c([B])c2[B])c([B])c1[B]. The van der Waals surface area contributed by atoms with Crippen LogP contribution in [0.1, 0.15) is 0 Å². The third-order valence-electron chi connectivity index (χ3n) is 4.92. The van der Waals surface area contributed by atoms with Gasteiger partial charge in [0.15, 0.2) is 0 Å². The average molecular weight is 363 g/mol. The fourth-order valence-electron chi connectivity index (χ4n) is 3.22. The van der Waals surface area contributed by atoms with Gasteiger partial charge in [-0.1, -0.05) is 39.5 Å². The van der Waals surface area contributed by atoms with Crippen molar-refractivity contribution in [2.24, 2.45) is 0 Å². The van der Waals surface area contributed by atoms with Gasteiger partial charge in [0.1, 0.15) is 78.5 Å². The fraction of sp³-hybridized carbons (Fsp3) is 0. The van der Waals surface area contributed by atoms with Crippen LogP contribution in [0, 0.1) is 0 Å². The molecule has 0 amide bonds. The smallest absolute Gasteiger partial charge is 0.112 e. The summed E-state index contributed by atoms with van der Waals surface area (Å²) in [4.78, 5) is 0. The Bertz CT molecular complexity index is 1110. The Hall–Kier alpha value is -1.40. The van der Waals surface area contributed by atoms with Crippen molar-refractivity contribution in [2.45, 2.75) is 0 Å². The summed E-state index contributed by atoms with van der Waals surface area (Å²) in [5.41, 5.74) is 2.78. The molecule has 0 fully saturated rings. The van der Waals surface area contributed by atoms with Gasteiger partial charge in [0.05, 0.1) is 0 Å². The van der Waals surface area contributed by atoms with Crippen molar-refractivity contribution in [3.05, 3.63) is 23.2 Å². The van der Waals surface area contributed by atoms with E-state index in [-0.39, 0.29) is 54.6 Å². The molecule has 0 saturated carbocycles. The summed E-state index contributed by atoms with van der Waals surface area (Å²) in [5.74, 6) is 0. The molecule has 0 bridgehead atoms. The lowest BCUT2D eigenvalue weighted by Gasteiger charge is -2.26. The van der Waals surface area contributed by atoms with Gasteiger partial charge >= 0.3 is 0 Å². The number of hydrogen-bond donors (Lipinski definition) is 0. The first kappa shape index (κ1) is 22.3. The van der Waals surface area contributed by atoms with Gasteiger partial charge in [0.25, 0.3) is 0 Å².